The first-order valence-corrected chi connectivity index (χ1v) is 6.83. The summed E-state index contributed by atoms with van der Waals surface area (Å²) in [6.45, 7) is 3.47. The molecule has 106 valence electrons. The number of hydrogen-bond acceptors (Lipinski definition) is 3. The predicted octanol–water partition coefficient (Wildman–Crippen LogP) is 2.66. The molecule has 2 N–H and O–H groups in total. The zero-order valence-electron chi connectivity index (χ0n) is 11.0. The van der Waals surface area contributed by atoms with Crippen molar-refractivity contribution in [2.45, 2.75) is 19.9 Å². The molecule has 0 aliphatic carbocycles. The summed E-state index contributed by atoms with van der Waals surface area (Å²) in [5.41, 5.74) is 0.620. The fraction of sp³-hybridized carbons (Fsp3) is 0.462. The van der Waals surface area contributed by atoms with Gasteiger partial charge in [0.15, 0.2) is 0 Å². The van der Waals surface area contributed by atoms with Crippen LogP contribution in [0.4, 0.5) is 0 Å². The van der Waals surface area contributed by atoms with Crippen LogP contribution in [0.2, 0.25) is 10.0 Å². The number of benzene rings is 1. The number of halogens is 2. The second-order valence-electron chi connectivity index (χ2n) is 4.28. The van der Waals surface area contributed by atoms with Gasteiger partial charge >= 0.3 is 0 Å². The molecule has 0 aromatic heterocycles. The number of phenolic OH excluding ortho intramolecular Hbond substituents is 1. The summed E-state index contributed by atoms with van der Waals surface area (Å²) in [6.07, 6.45) is 0.909. The van der Waals surface area contributed by atoms with Crippen molar-refractivity contribution in [1.29, 1.82) is 0 Å². The largest absolute Gasteiger partial charge is 0.506 e. The smallest absolute Gasteiger partial charge is 0.233 e. The lowest BCUT2D eigenvalue weighted by Gasteiger charge is -2.21. The number of carbonyl (C=O) groups is 1. The Hall–Kier alpha value is -0.970. The molecule has 0 aliphatic rings. The maximum Gasteiger partial charge on any atom is 0.233 e. The van der Waals surface area contributed by atoms with Crippen LogP contribution in [0.1, 0.15) is 18.9 Å². The van der Waals surface area contributed by atoms with Crippen LogP contribution in [0, 0.1) is 0 Å². The molecule has 1 aromatic carbocycles. The molecule has 0 spiro atoms. The van der Waals surface area contributed by atoms with Crippen LogP contribution in [0.3, 0.4) is 0 Å². The Morgan fingerprint density at radius 2 is 2.11 bits per heavy atom. The lowest BCUT2D eigenvalue weighted by Crippen LogP contribution is -2.35. The molecule has 0 radical (unpaired) electrons. The minimum absolute atomic E-state index is 0.0177. The Morgan fingerprint density at radius 3 is 2.68 bits per heavy atom. The zero-order valence-corrected chi connectivity index (χ0v) is 12.6. The van der Waals surface area contributed by atoms with Crippen LogP contribution in [-0.2, 0) is 11.3 Å². The molecule has 0 atom stereocenters. The maximum atomic E-state index is 11.4. The van der Waals surface area contributed by atoms with E-state index in [0.717, 1.165) is 13.0 Å². The normalized spacial score (nSPS) is 10.8. The average Bonchev–Trinajstić information content (AvgIpc) is 2.35. The second-order valence-corrected chi connectivity index (χ2v) is 5.12. The number of amides is 1. The third-order valence-electron chi connectivity index (χ3n) is 2.69. The van der Waals surface area contributed by atoms with E-state index < -0.39 is 0 Å². The molecule has 0 saturated heterocycles. The third kappa shape index (κ3) is 4.90. The van der Waals surface area contributed by atoms with E-state index in [1.165, 1.54) is 6.07 Å². The number of carbonyl (C=O) groups excluding carboxylic acids is 1. The van der Waals surface area contributed by atoms with Gasteiger partial charge in [-0.25, -0.2) is 0 Å². The summed E-state index contributed by atoms with van der Waals surface area (Å²) < 4.78 is 0. The van der Waals surface area contributed by atoms with E-state index >= 15 is 0 Å². The van der Waals surface area contributed by atoms with Gasteiger partial charge in [0.25, 0.3) is 0 Å². The van der Waals surface area contributed by atoms with E-state index in [9.17, 15) is 9.90 Å². The van der Waals surface area contributed by atoms with Gasteiger partial charge in [-0.05, 0) is 25.1 Å². The Bertz CT molecular complexity index is 453. The van der Waals surface area contributed by atoms with Crippen molar-refractivity contribution in [1.82, 2.24) is 10.2 Å². The molecule has 0 aliphatic heterocycles. The van der Waals surface area contributed by atoms with Gasteiger partial charge in [0.2, 0.25) is 5.91 Å². The standard InChI is InChI=1S/C13H18Cl2N2O2/c1-3-4-17(8-12(18)16-2)7-9-5-10(14)6-11(15)13(9)19/h5-6,19H,3-4,7-8H2,1-2H3,(H,16,18). The van der Waals surface area contributed by atoms with Crippen LogP contribution < -0.4 is 5.32 Å². The fourth-order valence-corrected chi connectivity index (χ4v) is 2.33. The molecular weight excluding hydrogens is 287 g/mol. The van der Waals surface area contributed by atoms with E-state index in [2.05, 4.69) is 5.32 Å². The SMILES string of the molecule is CCCN(CC(=O)NC)Cc1cc(Cl)cc(Cl)c1O. The number of nitrogens with one attached hydrogen (secondary N) is 1. The highest BCUT2D eigenvalue weighted by atomic mass is 35.5. The lowest BCUT2D eigenvalue weighted by atomic mass is 10.2. The summed E-state index contributed by atoms with van der Waals surface area (Å²) in [6, 6.07) is 3.15. The van der Waals surface area contributed by atoms with E-state index in [4.69, 9.17) is 23.2 Å². The average molecular weight is 305 g/mol. The van der Waals surface area contributed by atoms with Crippen LogP contribution in [0.25, 0.3) is 0 Å². The van der Waals surface area contributed by atoms with Gasteiger partial charge in [-0.3, -0.25) is 9.69 Å². The quantitative estimate of drug-likeness (QED) is 0.849. The van der Waals surface area contributed by atoms with Crippen molar-refractivity contribution in [3.63, 3.8) is 0 Å². The molecule has 0 fully saturated rings. The summed E-state index contributed by atoms with van der Waals surface area (Å²) in [4.78, 5) is 13.4. The third-order valence-corrected chi connectivity index (χ3v) is 3.19. The molecular formula is C13H18Cl2N2O2. The highest BCUT2D eigenvalue weighted by Gasteiger charge is 2.14. The lowest BCUT2D eigenvalue weighted by molar-refractivity contribution is -0.121. The van der Waals surface area contributed by atoms with Crippen LogP contribution >= 0.6 is 23.2 Å². The van der Waals surface area contributed by atoms with Crippen molar-refractivity contribution >= 4 is 29.1 Å². The monoisotopic (exact) mass is 304 g/mol. The van der Waals surface area contributed by atoms with Crippen LogP contribution in [0.15, 0.2) is 12.1 Å². The topological polar surface area (TPSA) is 52.6 Å². The summed E-state index contributed by atoms with van der Waals surface area (Å²) in [5.74, 6) is -0.0508. The molecule has 1 rings (SSSR count). The molecule has 0 heterocycles. The molecule has 19 heavy (non-hydrogen) atoms. The highest BCUT2D eigenvalue weighted by molar-refractivity contribution is 6.35. The maximum absolute atomic E-state index is 11.4. The van der Waals surface area contributed by atoms with Gasteiger partial charge in [-0.2, -0.15) is 0 Å². The fourth-order valence-electron chi connectivity index (χ4n) is 1.79. The summed E-state index contributed by atoms with van der Waals surface area (Å²) >= 11 is 11.8. The first kappa shape index (κ1) is 16.1. The summed E-state index contributed by atoms with van der Waals surface area (Å²) in [7, 11) is 1.60. The van der Waals surface area contributed by atoms with Gasteiger partial charge in [-0.15, -0.1) is 0 Å². The Kier molecular flexibility index (Phi) is 6.42. The first-order valence-electron chi connectivity index (χ1n) is 6.07. The van der Waals surface area contributed by atoms with Gasteiger partial charge in [0, 0.05) is 24.2 Å². The minimum atomic E-state index is -0.0685. The molecule has 0 bridgehead atoms. The number of phenols is 1. The molecule has 0 unspecified atom stereocenters. The molecule has 1 aromatic rings. The predicted molar refractivity (Wildman–Crippen MR) is 77.8 cm³/mol. The van der Waals surface area contributed by atoms with Gasteiger partial charge in [0.05, 0.1) is 11.6 Å². The van der Waals surface area contributed by atoms with Gasteiger partial charge in [-0.1, -0.05) is 30.1 Å². The number of rotatable bonds is 6. The van der Waals surface area contributed by atoms with Crippen LogP contribution in [-0.4, -0.2) is 36.1 Å². The van der Waals surface area contributed by atoms with Crippen molar-refractivity contribution in [3.8, 4) is 5.75 Å². The number of hydrogen-bond donors (Lipinski definition) is 2. The van der Waals surface area contributed by atoms with Crippen LogP contribution in [0.5, 0.6) is 5.75 Å². The molecule has 4 nitrogen and oxygen atoms in total. The second kappa shape index (κ2) is 7.58. The van der Waals surface area contributed by atoms with E-state index in [0.29, 0.717) is 17.1 Å². The summed E-state index contributed by atoms with van der Waals surface area (Å²) in [5, 5.41) is 13.2. The minimum Gasteiger partial charge on any atom is -0.506 e. The van der Waals surface area contributed by atoms with Gasteiger partial charge < -0.3 is 10.4 Å². The highest BCUT2D eigenvalue weighted by Crippen LogP contribution is 2.31. The van der Waals surface area contributed by atoms with Crippen molar-refractivity contribution in [2.24, 2.45) is 0 Å². The van der Waals surface area contributed by atoms with Crippen molar-refractivity contribution in [2.75, 3.05) is 20.1 Å². The Labute approximate surface area is 123 Å². The first-order chi connectivity index (χ1) is 8.97. The Balaban J connectivity index is 2.86. The van der Waals surface area contributed by atoms with Crippen molar-refractivity contribution in [3.05, 3.63) is 27.7 Å². The van der Waals surface area contributed by atoms with Crippen molar-refractivity contribution < 1.29 is 9.90 Å². The number of likely N-dealkylation sites (N-methyl/N-ethyl adjacent to an activating group) is 1. The number of nitrogens with zero attached hydrogens (tertiary/aromatic N) is 1. The van der Waals surface area contributed by atoms with E-state index in [-0.39, 0.29) is 23.2 Å². The molecule has 1 amide bonds. The van der Waals surface area contributed by atoms with Gasteiger partial charge in [0.1, 0.15) is 5.75 Å². The van der Waals surface area contributed by atoms with E-state index in [1.54, 1.807) is 13.1 Å². The zero-order chi connectivity index (χ0) is 14.4. The Morgan fingerprint density at radius 1 is 1.42 bits per heavy atom. The molecule has 6 heteroatoms. The van der Waals surface area contributed by atoms with E-state index in [1.807, 2.05) is 11.8 Å². The molecule has 0 saturated carbocycles. The number of aromatic hydroxyl groups is 1.